The first kappa shape index (κ1) is 14.9. The summed E-state index contributed by atoms with van der Waals surface area (Å²) in [5.74, 6) is -0.250. The van der Waals surface area contributed by atoms with E-state index in [1.165, 1.54) is 12.1 Å². The fourth-order valence-corrected chi connectivity index (χ4v) is 2.98. The number of pyridine rings is 1. The van der Waals surface area contributed by atoms with E-state index < -0.39 is 0 Å². The molecule has 0 unspecified atom stereocenters. The molecule has 1 aliphatic rings. The molecule has 0 spiro atoms. The Hall–Kier alpha value is -2.05. The minimum absolute atomic E-state index is 0.0369. The third kappa shape index (κ3) is 3.08. The summed E-state index contributed by atoms with van der Waals surface area (Å²) < 4.78 is 13.3. The Balaban J connectivity index is 1.80. The molecule has 0 bridgehead atoms. The molecule has 0 radical (unpaired) electrons. The first-order valence-electron chi connectivity index (χ1n) is 7.03. The van der Waals surface area contributed by atoms with E-state index in [9.17, 15) is 9.50 Å². The Morgan fingerprint density at radius 2 is 2.27 bits per heavy atom. The zero-order chi connectivity index (χ0) is 15.5. The normalized spacial score (nSPS) is 17.0. The molecule has 2 N–H and O–H groups in total. The Bertz CT molecular complexity index is 680. The number of thiocarbonyl (C=S) groups is 1. The highest BCUT2D eigenvalue weighted by Crippen LogP contribution is 2.25. The summed E-state index contributed by atoms with van der Waals surface area (Å²) in [6.45, 7) is 0.512. The van der Waals surface area contributed by atoms with Crippen molar-refractivity contribution >= 4 is 23.0 Å². The van der Waals surface area contributed by atoms with E-state index in [-0.39, 0.29) is 18.5 Å². The van der Waals surface area contributed by atoms with Crippen LogP contribution in [0.25, 0.3) is 0 Å². The first-order valence-corrected chi connectivity index (χ1v) is 7.44. The van der Waals surface area contributed by atoms with Gasteiger partial charge in [-0.1, -0.05) is 6.07 Å². The average Bonchev–Trinajstić information content (AvgIpc) is 2.54. The molecule has 0 saturated heterocycles. The maximum atomic E-state index is 13.3. The third-order valence-electron chi connectivity index (χ3n) is 3.79. The molecule has 1 atom stereocenters. The lowest BCUT2D eigenvalue weighted by Gasteiger charge is -2.37. The third-order valence-corrected chi connectivity index (χ3v) is 4.13. The smallest absolute Gasteiger partial charge is 0.174 e. The van der Waals surface area contributed by atoms with Crippen molar-refractivity contribution in [3.05, 3.63) is 59.7 Å². The van der Waals surface area contributed by atoms with Gasteiger partial charge in [0.25, 0.3) is 0 Å². The molecule has 22 heavy (non-hydrogen) atoms. The minimum atomic E-state index is -0.250. The summed E-state index contributed by atoms with van der Waals surface area (Å²) in [6.07, 6.45) is 3.95. The number of aromatic nitrogens is 1. The predicted octanol–water partition coefficient (Wildman–Crippen LogP) is 2.34. The number of benzene rings is 1. The second-order valence-electron chi connectivity index (χ2n) is 5.25. The highest BCUT2D eigenvalue weighted by molar-refractivity contribution is 7.80. The van der Waals surface area contributed by atoms with Crippen LogP contribution in [0.2, 0.25) is 0 Å². The SMILES string of the molecule is OC[C@@H]1Cc2cc(F)ccc2CN1C(=S)Nc1cccnc1. The molecule has 1 aromatic heterocycles. The number of rotatable bonds is 2. The van der Waals surface area contributed by atoms with E-state index in [1.54, 1.807) is 18.5 Å². The number of fused-ring (bicyclic) bond motifs is 1. The first-order chi connectivity index (χ1) is 10.7. The van der Waals surface area contributed by atoms with Crippen molar-refractivity contribution in [2.24, 2.45) is 0 Å². The molecule has 0 saturated carbocycles. The summed E-state index contributed by atoms with van der Waals surface area (Å²) in [7, 11) is 0. The molecule has 0 fully saturated rings. The van der Waals surface area contributed by atoms with Crippen LogP contribution in [0, 0.1) is 5.82 Å². The summed E-state index contributed by atoms with van der Waals surface area (Å²) in [6, 6.07) is 8.30. The van der Waals surface area contributed by atoms with Gasteiger partial charge in [-0.15, -0.1) is 0 Å². The largest absolute Gasteiger partial charge is 0.394 e. The van der Waals surface area contributed by atoms with E-state index in [1.807, 2.05) is 17.0 Å². The number of nitrogens with zero attached hydrogens (tertiary/aromatic N) is 2. The van der Waals surface area contributed by atoms with E-state index in [0.717, 1.165) is 16.8 Å². The molecule has 114 valence electrons. The van der Waals surface area contributed by atoms with Crippen LogP contribution in [0.4, 0.5) is 10.1 Å². The Kier molecular flexibility index (Phi) is 4.31. The Labute approximate surface area is 133 Å². The second kappa shape index (κ2) is 6.37. The van der Waals surface area contributed by atoms with Gasteiger partial charge in [-0.25, -0.2) is 4.39 Å². The van der Waals surface area contributed by atoms with Gasteiger partial charge in [0, 0.05) is 12.7 Å². The number of aliphatic hydroxyl groups is 1. The van der Waals surface area contributed by atoms with Gasteiger partial charge in [0.2, 0.25) is 0 Å². The van der Waals surface area contributed by atoms with Crippen molar-refractivity contribution in [3.63, 3.8) is 0 Å². The zero-order valence-electron chi connectivity index (χ0n) is 11.9. The molecular weight excluding hydrogens is 301 g/mol. The van der Waals surface area contributed by atoms with Crippen LogP contribution in [0.3, 0.4) is 0 Å². The lowest BCUT2D eigenvalue weighted by Crippen LogP contribution is -2.48. The van der Waals surface area contributed by atoms with Crippen LogP contribution in [0.15, 0.2) is 42.7 Å². The average molecular weight is 317 g/mol. The standard InChI is InChI=1S/C16H16FN3OS/c17-13-4-3-11-9-20(15(10-21)7-12(11)6-13)16(22)19-14-2-1-5-18-8-14/h1-6,8,15,21H,7,9-10H2,(H,19,22)/t15-/m0/s1. The van der Waals surface area contributed by atoms with Crippen LogP contribution in [-0.4, -0.2) is 32.8 Å². The lowest BCUT2D eigenvalue weighted by molar-refractivity contribution is 0.167. The fraction of sp³-hybridized carbons (Fsp3) is 0.250. The number of anilines is 1. The summed E-state index contributed by atoms with van der Waals surface area (Å²) in [4.78, 5) is 5.97. The van der Waals surface area contributed by atoms with Crippen molar-refractivity contribution in [3.8, 4) is 0 Å². The van der Waals surface area contributed by atoms with E-state index in [2.05, 4.69) is 10.3 Å². The monoisotopic (exact) mass is 317 g/mol. The van der Waals surface area contributed by atoms with Crippen molar-refractivity contribution in [1.29, 1.82) is 0 Å². The summed E-state index contributed by atoms with van der Waals surface area (Å²) in [5.41, 5.74) is 2.76. The second-order valence-corrected chi connectivity index (χ2v) is 5.64. The van der Waals surface area contributed by atoms with Crippen molar-refractivity contribution in [2.45, 2.75) is 19.0 Å². The minimum Gasteiger partial charge on any atom is -0.394 e. The molecule has 1 aromatic carbocycles. The molecule has 6 heteroatoms. The molecule has 4 nitrogen and oxygen atoms in total. The number of nitrogens with one attached hydrogen (secondary N) is 1. The van der Waals surface area contributed by atoms with Crippen LogP contribution < -0.4 is 5.32 Å². The Morgan fingerprint density at radius 1 is 1.41 bits per heavy atom. The van der Waals surface area contributed by atoms with Crippen LogP contribution >= 0.6 is 12.2 Å². The van der Waals surface area contributed by atoms with Gasteiger partial charge < -0.3 is 15.3 Å². The predicted molar refractivity (Wildman–Crippen MR) is 87.0 cm³/mol. The molecular formula is C16H16FN3OS. The molecule has 3 rings (SSSR count). The van der Waals surface area contributed by atoms with Crippen molar-refractivity contribution in [1.82, 2.24) is 9.88 Å². The van der Waals surface area contributed by atoms with Gasteiger partial charge in [0.15, 0.2) is 5.11 Å². The quantitative estimate of drug-likeness (QED) is 0.833. The Morgan fingerprint density at radius 3 is 3.00 bits per heavy atom. The number of halogens is 1. The van der Waals surface area contributed by atoms with E-state index in [0.29, 0.717) is 18.1 Å². The fourth-order valence-electron chi connectivity index (χ4n) is 2.65. The molecule has 0 amide bonds. The molecule has 0 aliphatic carbocycles. The molecule has 2 heterocycles. The lowest BCUT2D eigenvalue weighted by atomic mass is 9.94. The van der Waals surface area contributed by atoms with Gasteiger partial charge in [-0.3, -0.25) is 4.98 Å². The van der Waals surface area contributed by atoms with Gasteiger partial charge in [-0.2, -0.15) is 0 Å². The summed E-state index contributed by atoms with van der Waals surface area (Å²) >= 11 is 5.46. The van der Waals surface area contributed by atoms with Crippen LogP contribution in [-0.2, 0) is 13.0 Å². The number of hydrogen-bond acceptors (Lipinski definition) is 3. The van der Waals surface area contributed by atoms with Gasteiger partial charge in [0.05, 0.1) is 24.5 Å². The topological polar surface area (TPSA) is 48.4 Å². The van der Waals surface area contributed by atoms with Crippen molar-refractivity contribution in [2.75, 3.05) is 11.9 Å². The van der Waals surface area contributed by atoms with Gasteiger partial charge >= 0.3 is 0 Å². The maximum Gasteiger partial charge on any atom is 0.174 e. The zero-order valence-corrected chi connectivity index (χ0v) is 12.7. The molecule has 2 aromatic rings. The van der Waals surface area contributed by atoms with Crippen LogP contribution in [0.1, 0.15) is 11.1 Å². The van der Waals surface area contributed by atoms with Gasteiger partial charge in [0.1, 0.15) is 5.82 Å². The highest BCUT2D eigenvalue weighted by Gasteiger charge is 2.27. The highest BCUT2D eigenvalue weighted by atomic mass is 32.1. The van der Waals surface area contributed by atoms with E-state index in [4.69, 9.17) is 12.2 Å². The van der Waals surface area contributed by atoms with Crippen molar-refractivity contribution < 1.29 is 9.50 Å². The van der Waals surface area contributed by atoms with Gasteiger partial charge in [-0.05, 0) is 54.0 Å². The van der Waals surface area contributed by atoms with Crippen LogP contribution in [0.5, 0.6) is 0 Å². The maximum absolute atomic E-state index is 13.3. The van der Waals surface area contributed by atoms with E-state index >= 15 is 0 Å². The number of hydrogen-bond donors (Lipinski definition) is 2. The summed E-state index contributed by atoms with van der Waals surface area (Å²) in [5, 5.41) is 13.3. The molecule has 1 aliphatic heterocycles. The number of aliphatic hydroxyl groups excluding tert-OH is 1.